The molecule has 0 saturated carbocycles. The van der Waals surface area contributed by atoms with Gasteiger partial charge in [0.05, 0.1) is 0 Å². The summed E-state index contributed by atoms with van der Waals surface area (Å²) in [6.45, 7) is 12.9. The molecule has 0 aliphatic carbocycles. The Morgan fingerprint density at radius 2 is 0.963 bits per heavy atom. The second-order valence-corrected chi connectivity index (χ2v) is 9.39. The van der Waals surface area contributed by atoms with Crippen molar-refractivity contribution < 1.29 is 3.08 Å². The van der Waals surface area contributed by atoms with Gasteiger partial charge in [0.2, 0.25) is 0 Å². The van der Waals surface area contributed by atoms with E-state index in [-0.39, 0.29) is 12.4 Å². The molecule has 3 heteroatoms. The molecule has 0 aromatic heterocycles. The van der Waals surface area contributed by atoms with Crippen molar-refractivity contribution in [2.75, 3.05) is 0 Å². The molecule has 3 aromatic rings. The smallest absolute Gasteiger partial charge is 0.147 e. The molecular formula is C24H26ClOSn. The van der Waals surface area contributed by atoms with Gasteiger partial charge in [0.25, 0.3) is 0 Å². The number of benzene rings is 3. The number of aryl methyl sites for hydroxylation is 6. The van der Waals surface area contributed by atoms with E-state index in [4.69, 9.17) is 0 Å². The Bertz CT molecular complexity index is 899. The van der Waals surface area contributed by atoms with E-state index in [1.807, 2.05) is 0 Å². The molecule has 0 aliphatic rings. The van der Waals surface area contributed by atoms with Crippen molar-refractivity contribution in [3.05, 3.63) is 75.8 Å². The molecule has 0 atom stereocenters. The first-order valence-electron chi connectivity index (χ1n) is 9.01. The summed E-state index contributed by atoms with van der Waals surface area (Å²) in [4.78, 5) is 0. The van der Waals surface area contributed by atoms with Crippen LogP contribution in [0.5, 0.6) is 0 Å². The molecule has 0 bridgehead atoms. The number of hydrogen-bond donors (Lipinski definition) is 0. The van der Waals surface area contributed by atoms with Gasteiger partial charge in [-0.3, -0.25) is 0 Å². The van der Waals surface area contributed by atoms with Gasteiger partial charge in [-0.05, 0) is 0 Å². The molecule has 0 aliphatic heterocycles. The van der Waals surface area contributed by atoms with E-state index in [1.165, 1.54) is 44.5 Å². The van der Waals surface area contributed by atoms with Gasteiger partial charge in [-0.1, -0.05) is 0 Å². The third-order valence-electron chi connectivity index (χ3n) is 5.06. The molecule has 3 rings (SSSR count). The molecule has 1 radical (unpaired) electrons. The maximum absolute atomic E-state index is 12.5. The average Bonchev–Trinajstić information content (AvgIpc) is 2.53. The minimum Gasteiger partial charge on any atom is -0.147 e. The van der Waals surface area contributed by atoms with Gasteiger partial charge < -0.3 is 0 Å². The molecule has 0 saturated heterocycles. The average molecular weight is 485 g/mol. The predicted octanol–water partition coefficient (Wildman–Crippen LogP) is 5.97. The summed E-state index contributed by atoms with van der Waals surface area (Å²) >= 11 is -1.89. The summed E-state index contributed by atoms with van der Waals surface area (Å²) in [5, 5.41) is 0. The van der Waals surface area contributed by atoms with Gasteiger partial charge in [0.15, 0.2) is 0 Å². The number of rotatable bonds is 3. The molecule has 0 N–H and O–H groups in total. The van der Waals surface area contributed by atoms with Crippen LogP contribution in [0.4, 0.5) is 0 Å². The molecule has 0 heterocycles. The van der Waals surface area contributed by atoms with Crippen LogP contribution in [-0.2, 0) is 3.08 Å². The van der Waals surface area contributed by atoms with Crippen molar-refractivity contribution in [1.29, 1.82) is 0 Å². The van der Waals surface area contributed by atoms with E-state index in [9.17, 15) is 3.08 Å². The molecule has 139 valence electrons. The molecule has 0 amide bonds. The molecule has 1 nitrogen and oxygen atoms in total. The molecular weight excluding hydrogens is 458 g/mol. The van der Waals surface area contributed by atoms with E-state index < -0.39 is 21.1 Å². The van der Waals surface area contributed by atoms with Crippen molar-refractivity contribution >= 4 is 37.1 Å². The van der Waals surface area contributed by atoms with Crippen molar-refractivity contribution in [3.8, 4) is 22.3 Å². The minimum atomic E-state index is -1.89. The Labute approximate surface area is 179 Å². The van der Waals surface area contributed by atoms with Gasteiger partial charge in [-0.25, -0.2) is 0 Å². The first-order chi connectivity index (χ1) is 12.3. The number of hydrogen-bond acceptors (Lipinski definition) is 1. The van der Waals surface area contributed by atoms with Gasteiger partial charge in [-0.15, -0.1) is 12.4 Å². The topological polar surface area (TPSA) is 17.1 Å². The normalized spacial score (nSPS) is 10.4. The zero-order chi connectivity index (χ0) is 19.0. The maximum atomic E-state index is 12.5. The van der Waals surface area contributed by atoms with Crippen molar-refractivity contribution in [2.45, 2.75) is 41.5 Å². The summed E-state index contributed by atoms with van der Waals surface area (Å²) in [6, 6.07) is 15.3. The molecule has 0 spiro atoms. The van der Waals surface area contributed by atoms with E-state index in [0.29, 0.717) is 0 Å². The van der Waals surface area contributed by atoms with E-state index in [2.05, 4.69) is 84.0 Å². The largest absolute Gasteiger partial charge is 0.147 e. The summed E-state index contributed by atoms with van der Waals surface area (Å²) < 4.78 is 13.5. The molecule has 27 heavy (non-hydrogen) atoms. The fourth-order valence-corrected chi connectivity index (χ4v) is 6.11. The maximum Gasteiger partial charge on any atom is -0.147 e. The molecule has 0 unspecified atom stereocenters. The van der Waals surface area contributed by atoms with Gasteiger partial charge >= 0.3 is 167 Å². The van der Waals surface area contributed by atoms with Crippen LogP contribution >= 0.6 is 12.4 Å². The van der Waals surface area contributed by atoms with Crippen LogP contribution in [0.3, 0.4) is 0 Å². The summed E-state index contributed by atoms with van der Waals surface area (Å²) in [5.41, 5.74) is 12.4. The fourth-order valence-electron chi connectivity index (χ4n) is 4.29. The van der Waals surface area contributed by atoms with Crippen molar-refractivity contribution in [2.24, 2.45) is 0 Å². The van der Waals surface area contributed by atoms with Crippen molar-refractivity contribution in [1.82, 2.24) is 0 Å². The Morgan fingerprint density at radius 1 is 0.630 bits per heavy atom. The van der Waals surface area contributed by atoms with Crippen LogP contribution in [0.1, 0.15) is 33.4 Å². The van der Waals surface area contributed by atoms with Crippen LogP contribution in [0.25, 0.3) is 22.3 Å². The zero-order valence-corrected chi connectivity index (χ0v) is 20.5. The Kier molecular flexibility index (Phi) is 7.04. The van der Waals surface area contributed by atoms with Gasteiger partial charge in [0.1, 0.15) is 0 Å². The van der Waals surface area contributed by atoms with Crippen molar-refractivity contribution in [3.63, 3.8) is 0 Å². The second-order valence-electron chi connectivity index (χ2n) is 7.38. The molecule has 0 fully saturated rings. The molecule has 3 aromatic carbocycles. The second kappa shape index (κ2) is 8.70. The predicted molar refractivity (Wildman–Crippen MR) is 119 cm³/mol. The SMILES string of the molecule is Cc1cc(C)c(-c2cccc(-c3c(C)cc(C)cc3C)[c]2[Sn]=[O])c(C)c1.Cl. The van der Waals surface area contributed by atoms with Crippen LogP contribution < -0.4 is 3.58 Å². The third kappa shape index (κ3) is 4.19. The Morgan fingerprint density at radius 3 is 1.26 bits per heavy atom. The summed E-state index contributed by atoms with van der Waals surface area (Å²) in [5.74, 6) is 0. The Balaban J connectivity index is 0.00000261. The van der Waals surface area contributed by atoms with Gasteiger partial charge in [-0.2, -0.15) is 0 Å². The van der Waals surface area contributed by atoms with Crippen LogP contribution in [0.15, 0.2) is 42.5 Å². The minimum absolute atomic E-state index is 0. The van der Waals surface area contributed by atoms with Crippen LogP contribution in [0.2, 0.25) is 0 Å². The Hall–Kier alpha value is -1.45. The summed E-state index contributed by atoms with van der Waals surface area (Å²) in [7, 11) is 0. The van der Waals surface area contributed by atoms with E-state index in [1.54, 1.807) is 0 Å². The first kappa shape index (κ1) is 21.8. The van der Waals surface area contributed by atoms with Gasteiger partial charge in [0, 0.05) is 0 Å². The monoisotopic (exact) mass is 485 g/mol. The summed E-state index contributed by atoms with van der Waals surface area (Å²) in [6.07, 6.45) is 0. The third-order valence-corrected chi connectivity index (χ3v) is 7.18. The standard InChI is InChI=1S/C24H25.ClH.O.Sn/c1-15-10-17(3)23(18(4)11-15)21-8-7-9-22(14-21)24-19(5)12-16(2)13-20(24)6;;;/h7-13H,1-6H3;1H;;. The van der Waals surface area contributed by atoms with E-state index >= 15 is 0 Å². The van der Waals surface area contributed by atoms with Crippen LogP contribution in [0, 0.1) is 41.5 Å². The van der Waals surface area contributed by atoms with Crippen LogP contribution in [-0.4, -0.2) is 21.1 Å². The number of halogens is 1. The fraction of sp³-hybridized carbons (Fsp3) is 0.250. The zero-order valence-electron chi connectivity index (χ0n) is 16.9. The quantitative estimate of drug-likeness (QED) is 0.419. The van der Waals surface area contributed by atoms with E-state index in [0.717, 1.165) is 14.7 Å². The first-order valence-corrected chi connectivity index (χ1v) is 11.6.